The number of hydrogen-bond donors (Lipinski definition) is 3. The summed E-state index contributed by atoms with van der Waals surface area (Å²) in [6.45, 7) is 3.65. The zero-order valence-corrected chi connectivity index (χ0v) is 19.0. The predicted molar refractivity (Wildman–Crippen MR) is 130 cm³/mol. The molecule has 1 aliphatic heterocycles. The Morgan fingerprint density at radius 2 is 1.73 bits per heavy atom. The van der Waals surface area contributed by atoms with Crippen molar-refractivity contribution < 1.29 is 19.1 Å². The Balaban J connectivity index is 1.41. The first-order chi connectivity index (χ1) is 15.9. The first-order valence-corrected chi connectivity index (χ1v) is 11.4. The second-order valence-corrected chi connectivity index (χ2v) is 8.63. The molecule has 0 radical (unpaired) electrons. The van der Waals surface area contributed by atoms with Crippen molar-refractivity contribution >= 4 is 46.5 Å². The number of ether oxygens (including phenoxy) is 1. The summed E-state index contributed by atoms with van der Waals surface area (Å²) < 4.78 is 5.54. The lowest BCUT2D eigenvalue weighted by Crippen LogP contribution is -2.34. The Bertz CT molecular complexity index is 1210. The lowest BCUT2D eigenvalue weighted by Gasteiger charge is -2.23. The van der Waals surface area contributed by atoms with Crippen LogP contribution in [0, 0.1) is 6.92 Å². The first-order valence-electron chi connectivity index (χ1n) is 10.4. The van der Waals surface area contributed by atoms with Crippen LogP contribution in [-0.2, 0) is 9.59 Å². The number of carbonyl (C=O) groups is 3. The molecule has 0 aliphatic carbocycles. The quantitative estimate of drug-likeness (QED) is 0.463. The fraction of sp³-hybridized carbons (Fsp3) is 0.160. The lowest BCUT2D eigenvalue weighted by atomic mass is 10.2. The van der Waals surface area contributed by atoms with Gasteiger partial charge in [0, 0.05) is 16.3 Å². The number of aryl methyl sites for hydroxylation is 1. The van der Waals surface area contributed by atoms with Crippen LogP contribution in [0.25, 0.3) is 0 Å². The van der Waals surface area contributed by atoms with E-state index >= 15 is 0 Å². The van der Waals surface area contributed by atoms with Crippen LogP contribution in [0.3, 0.4) is 0 Å². The maximum absolute atomic E-state index is 12.9. The summed E-state index contributed by atoms with van der Waals surface area (Å²) >= 11 is 1.29. The van der Waals surface area contributed by atoms with E-state index in [-0.39, 0.29) is 23.5 Å². The van der Waals surface area contributed by atoms with Crippen molar-refractivity contribution in [2.45, 2.75) is 24.8 Å². The molecule has 168 valence electrons. The van der Waals surface area contributed by atoms with Gasteiger partial charge in [-0.25, -0.2) is 0 Å². The number of carbonyl (C=O) groups excluding carboxylic acids is 3. The third-order valence-electron chi connectivity index (χ3n) is 4.99. The molecule has 3 aromatic carbocycles. The van der Waals surface area contributed by atoms with E-state index in [0.717, 1.165) is 11.3 Å². The Morgan fingerprint density at radius 3 is 2.52 bits per heavy atom. The molecular formula is C25H23N3O4S. The molecule has 1 heterocycles. The average Bonchev–Trinajstić information content (AvgIpc) is 2.80. The van der Waals surface area contributed by atoms with Crippen molar-refractivity contribution in [3.63, 3.8) is 0 Å². The zero-order chi connectivity index (χ0) is 23.4. The van der Waals surface area contributed by atoms with Gasteiger partial charge >= 0.3 is 0 Å². The number of fused-ring (bicyclic) bond motifs is 1. The number of thioether (sulfide) groups is 1. The van der Waals surface area contributed by atoms with Gasteiger partial charge < -0.3 is 20.7 Å². The van der Waals surface area contributed by atoms with Gasteiger partial charge in [-0.05, 0) is 56.3 Å². The van der Waals surface area contributed by atoms with E-state index in [9.17, 15) is 14.4 Å². The summed E-state index contributed by atoms with van der Waals surface area (Å²) in [6, 6.07) is 19.8. The minimum atomic E-state index is -0.565. The molecule has 1 unspecified atom stereocenters. The van der Waals surface area contributed by atoms with Gasteiger partial charge in [0.2, 0.25) is 5.91 Å². The highest BCUT2D eigenvalue weighted by atomic mass is 32.2. The molecule has 0 aromatic heterocycles. The number of amides is 3. The largest absolute Gasteiger partial charge is 0.479 e. The summed E-state index contributed by atoms with van der Waals surface area (Å²) in [5.41, 5.74) is 3.33. The SMILES string of the molecule is Cc1ccc(NC(=O)CSc2ccccc2C(=O)Nc2ccc3c(c2)NC(=O)C(C)O3)cc1. The van der Waals surface area contributed by atoms with Gasteiger partial charge in [0.05, 0.1) is 17.0 Å². The zero-order valence-electron chi connectivity index (χ0n) is 18.2. The Hall–Kier alpha value is -3.78. The molecule has 0 spiro atoms. The molecule has 4 rings (SSSR count). The molecule has 0 bridgehead atoms. The van der Waals surface area contributed by atoms with E-state index < -0.39 is 6.10 Å². The van der Waals surface area contributed by atoms with Crippen molar-refractivity contribution in [3.8, 4) is 5.75 Å². The standard InChI is InChI=1S/C25H23N3O4S/c1-15-7-9-17(10-8-15)26-23(29)14-33-22-6-4-3-5-19(22)25(31)27-18-11-12-21-20(13-18)28-24(30)16(2)32-21/h3-13,16H,14H2,1-2H3,(H,26,29)(H,27,31)(H,28,30). The maximum Gasteiger partial charge on any atom is 0.265 e. The van der Waals surface area contributed by atoms with Crippen molar-refractivity contribution in [1.29, 1.82) is 0 Å². The van der Waals surface area contributed by atoms with Crippen LogP contribution < -0.4 is 20.7 Å². The van der Waals surface area contributed by atoms with Gasteiger partial charge in [0.1, 0.15) is 5.75 Å². The van der Waals surface area contributed by atoms with Crippen LogP contribution in [-0.4, -0.2) is 29.6 Å². The monoisotopic (exact) mass is 461 g/mol. The van der Waals surface area contributed by atoms with Crippen molar-refractivity contribution in [3.05, 3.63) is 77.9 Å². The summed E-state index contributed by atoms with van der Waals surface area (Å²) in [5.74, 6) is 0.0119. The third kappa shape index (κ3) is 5.53. The minimum Gasteiger partial charge on any atom is -0.479 e. The molecular weight excluding hydrogens is 438 g/mol. The molecule has 7 nitrogen and oxygen atoms in total. The molecule has 0 saturated carbocycles. The van der Waals surface area contributed by atoms with Crippen LogP contribution in [0.2, 0.25) is 0 Å². The van der Waals surface area contributed by atoms with Crippen LogP contribution in [0.4, 0.5) is 17.1 Å². The van der Waals surface area contributed by atoms with Gasteiger partial charge in [-0.2, -0.15) is 0 Å². The number of rotatable bonds is 6. The third-order valence-corrected chi connectivity index (χ3v) is 6.07. The van der Waals surface area contributed by atoms with E-state index in [2.05, 4.69) is 16.0 Å². The van der Waals surface area contributed by atoms with Crippen molar-refractivity contribution in [2.24, 2.45) is 0 Å². The van der Waals surface area contributed by atoms with Crippen LogP contribution in [0.15, 0.2) is 71.6 Å². The molecule has 8 heteroatoms. The Morgan fingerprint density at radius 1 is 1.00 bits per heavy atom. The van der Waals surface area contributed by atoms with E-state index in [0.29, 0.717) is 27.6 Å². The van der Waals surface area contributed by atoms with Gasteiger partial charge in [-0.1, -0.05) is 29.8 Å². The van der Waals surface area contributed by atoms with Crippen molar-refractivity contribution in [2.75, 3.05) is 21.7 Å². The van der Waals surface area contributed by atoms with Gasteiger partial charge in [-0.3, -0.25) is 14.4 Å². The van der Waals surface area contributed by atoms with Crippen LogP contribution >= 0.6 is 11.8 Å². The highest BCUT2D eigenvalue weighted by molar-refractivity contribution is 8.00. The van der Waals surface area contributed by atoms with Crippen molar-refractivity contribution in [1.82, 2.24) is 0 Å². The minimum absolute atomic E-state index is 0.154. The van der Waals surface area contributed by atoms with E-state index in [4.69, 9.17) is 4.74 Å². The van der Waals surface area contributed by atoms with E-state index in [1.165, 1.54) is 11.8 Å². The molecule has 3 aromatic rings. The number of nitrogens with one attached hydrogen (secondary N) is 3. The molecule has 0 fully saturated rings. The second kappa shape index (κ2) is 9.79. The molecule has 3 amide bonds. The normalized spacial score (nSPS) is 14.5. The predicted octanol–water partition coefficient (Wildman–Crippen LogP) is 4.70. The first kappa shape index (κ1) is 22.4. The lowest BCUT2D eigenvalue weighted by molar-refractivity contribution is -0.122. The number of hydrogen-bond acceptors (Lipinski definition) is 5. The molecule has 0 saturated heterocycles. The van der Waals surface area contributed by atoms with Crippen LogP contribution in [0.1, 0.15) is 22.8 Å². The number of benzene rings is 3. The van der Waals surface area contributed by atoms with Gasteiger partial charge in [-0.15, -0.1) is 11.8 Å². The topological polar surface area (TPSA) is 96.5 Å². The summed E-state index contributed by atoms with van der Waals surface area (Å²) in [6.07, 6.45) is -0.565. The summed E-state index contributed by atoms with van der Waals surface area (Å²) in [4.78, 5) is 37.8. The fourth-order valence-electron chi connectivity index (χ4n) is 3.24. The van der Waals surface area contributed by atoms with Gasteiger partial charge in [0.25, 0.3) is 11.8 Å². The molecule has 1 atom stereocenters. The Kier molecular flexibility index (Phi) is 6.65. The fourth-order valence-corrected chi connectivity index (χ4v) is 4.09. The average molecular weight is 462 g/mol. The highest BCUT2D eigenvalue weighted by Crippen LogP contribution is 2.32. The smallest absolute Gasteiger partial charge is 0.265 e. The van der Waals surface area contributed by atoms with E-state index in [1.54, 1.807) is 43.3 Å². The van der Waals surface area contributed by atoms with Gasteiger partial charge in [0.15, 0.2) is 6.10 Å². The maximum atomic E-state index is 12.9. The van der Waals surface area contributed by atoms with Crippen LogP contribution in [0.5, 0.6) is 5.75 Å². The number of anilines is 3. The molecule has 3 N–H and O–H groups in total. The van der Waals surface area contributed by atoms with E-state index in [1.807, 2.05) is 37.3 Å². The highest BCUT2D eigenvalue weighted by Gasteiger charge is 2.24. The summed E-state index contributed by atoms with van der Waals surface area (Å²) in [5, 5.41) is 8.47. The molecule has 1 aliphatic rings. The Labute approximate surface area is 195 Å². The second-order valence-electron chi connectivity index (χ2n) is 7.61. The summed E-state index contributed by atoms with van der Waals surface area (Å²) in [7, 11) is 0. The molecule has 33 heavy (non-hydrogen) atoms.